The van der Waals surface area contributed by atoms with Gasteiger partial charge in [-0.2, -0.15) is 0 Å². The number of carbonyl (C=O) groups excluding carboxylic acids is 1. The molecule has 2 fully saturated rings. The van der Waals surface area contributed by atoms with Crippen molar-refractivity contribution in [2.24, 2.45) is 5.92 Å². The van der Waals surface area contributed by atoms with Gasteiger partial charge in [0.05, 0.1) is 5.60 Å². The molecule has 1 aliphatic carbocycles. The van der Waals surface area contributed by atoms with Crippen molar-refractivity contribution in [2.45, 2.75) is 103 Å². The van der Waals surface area contributed by atoms with Crippen LogP contribution in [-0.2, 0) is 4.43 Å². The van der Waals surface area contributed by atoms with Gasteiger partial charge in [0.15, 0.2) is 0 Å². The van der Waals surface area contributed by atoms with Gasteiger partial charge < -0.3 is 24.3 Å². The lowest BCUT2D eigenvalue weighted by molar-refractivity contribution is -0.0550. The molecule has 7 nitrogen and oxygen atoms in total. The van der Waals surface area contributed by atoms with Gasteiger partial charge in [-0.1, -0.05) is 93.6 Å². The van der Waals surface area contributed by atoms with E-state index in [1.54, 1.807) is 6.07 Å². The largest absolute Gasteiger partial charge is 0.404 e. The number of aromatic amines is 1. The van der Waals surface area contributed by atoms with Crippen LogP contribution in [0.2, 0.25) is 5.04 Å². The highest BCUT2D eigenvalue weighted by Gasteiger charge is 2.52. The number of carbonyl (C=O) groups is 1. The Labute approximate surface area is 305 Å². The smallest absolute Gasteiger partial charge is 0.261 e. The number of nitrogens with one attached hydrogen (secondary N) is 1. The molecule has 3 aromatic carbocycles. The first kappa shape index (κ1) is 37.2. The van der Waals surface area contributed by atoms with Crippen molar-refractivity contribution in [3.8, 4) is 0 Å². The number of hydrogen-bond acceptors (Lipinski definition) is 5. The molecule has 1 aliphatic heterocycles. The van der Waals surface area contributed by atoms with Gasteiger partial charge >= 0.3 is 0 Å². The molecule has 0 atom stereocenters. The van der Waals surface area contributed by atoms with Gasteiger partial charge in [-0.3, -0.25) is 9.59 Å². The molecule has 51 heavy (non-hydrogen) atoms. The van der Waals surface area contributed by atoms with Crippen LogP contribution < -0.4 is 15.9 Å². The topological polar surface area (TPSA) is 85.9 Å². The molecule has 8 heteroatoms. The lowest BCUT2D eigenvalue weighted by Crippen LogP contribution is -2.68. The van der Waals surface area contributed by atoms with Crippen LogP contribution >= 0.6 is 0 Å². The zero-order valence-corrected chi connectivity index (χ0v) is 32.5. The first-order valence-electron chi connectivity index (χ1n) is 19.0. The van der Waals surface area contributed by atoms with Crippen molar-refractivity contribution >= 4 is 35.5 Å². The molecule has 2 N–H and O–H groups in total. The van der Waals surface area contributed by atoms with E-state index in [2.05, 4.69) is 91.3 Å². The van der Waals surface area contributed by atoms with E-state index in [0.717, 1.165) is 68.1 Å². The Morgan fingerprint density at radius 3 is 2.08 bits per heavy atom. The van der Waals surface area contributed by atoms with Gasteiger partial charge in [0, 0.05) is 36.1 Å². The van der Waals surface area contributed by atoms with Crippen molar-refractivity contribution in [1.29, 1.82) is 0 Å². The fourth-order valence-corrected chi connectivity index (χ4v) is 13.3. The van der Waals surface area contributed by atoms with E-state index >= 15 is 0 Å². The van der Waals surface area contributed by atoms with E-state index < -0.39 is 13.9 Å². The minimum Gasteiger partial charge on any atom is -0.404 e. The molecule has 1 amide bonds. The SMILES string of the molecule is Cc1cccc2[nH]c(=O)c(C(=O)N(CC3CCN(CC4(O)CCC(O[Si](c5ccccc5)(c5ccccc5)C(C)(C)C)CC4)CC3)C(C)C)cc12. The van der Waals surface area contributed by atoms with E-state index in [9.17, 15) is 14.7 Å². The van der Waals surface area contributed by atoms with E-state index in [-0.39, 0.29) is 34.2 Å². The van der Waals surface area contributed by atoms with Gasteiger partial charge in [-0.25, -0.2) is 0 Å². The monoisotopic (exact) mass is 707 g/mol. The number of aryl methyl sites for hydroxylation is 1. The zero-order chi connectivity index (χ0) is 36.4. The molecule has 2 aliphatic rings. The van der Waals surface area contributed by atoms with Crippen molar-refractivity contribution in [3.05, 3.63) is 106 Å². The Morgan fingerprint density at radius 2 is 1.53 bits per heavy atom. The Balaban J connectivity index is 1.06. The maximum absolute atomic E-state index is 13.8. The molecule has 272 valence electrons. The molecule has 0 unspecified atom stereocenters. The molecule has 0 radical (unpaired) electrons. The standard InChI is InChI=1S/C43H57N3O4Si/c1-31(2)46(41(48)38-28-37-32(3)14-13-19-39(37)44-40(38)47)29-33-22-26-45(27-23-33)30-43(49)24-20-34(21-25-43)50-51(42(4,5)6,35-15-9-7-10-16-35)36-17-11-8-12-18-36/h7-19,28,31,33-34,49H,20-27,29-30H2,1-6H3,(H,44,47). The summed E-state index contributed by atoms with van der Waals surface area (Å²) in [6.45, 7) is 16.1. The highest BCUT2D eigenvalue weighted by atomic mass is 28.4. The number of β-amino-alcohol motifs (C(OH)–C–C–N with tert-alkyl or cyclic N) is 1. The fraction of sp³-hybridized carbons (Fsp3) is 0.488. The Kier molecular flexibility index (Phi) is 11.1. The van der Waals surface area contributed by atoms with Crippen LogP contribution in [-0.4, -0.2) is 78.0 Å². The Morgan fingerprint density at radius 1 is 0.941 bits per heavy atom. The number of aromatic nitrogens is 1. The number of benzene rings is 3. The minimum absolute atomic E-state index is 0.0236. The van der Waals surface area contributed by atoms with Crippen molar-refractivity contribution in [1.82, 2.24) is 14.8 Å². The third-order valence-corrected chi connectivity index (χ3v) is 16.6. The average Bonchev–Trinajstić information content (AvgIpc) is 3.11. The zero-order valence-electron chi connectivity index (χ0n) is 31.5. The quantitative estimate of drug-likeness (QED) is 0.181. The maximum atomic E-state index is 13.8. The van der Waals surface area contributed by atoms with Crippen LogP contribution in [0, 0.1) is 12.8 Å². The second kappa shape index (κ2) is 15.2. The molecule has 4 aromatic rings. The second-order valence-electron chi connectivity index (χ2n) is 16.5. The molecule has 0 bridgehead atoms. The summed E-state index contributed by atoms with van der Waals surface area (Å²) in [5.74, 6) is 0.143. The number of fused-ring (bicyclic) bond motifs is 1. The number of hydrogen-bond donors (Lipinski definition) is 2. The van der Waals surface area contributed by atoms with Crippen molar-refractivity contribution in [2.75, 3.05) is 26.2 Å². The van der Waals surface area contributed by atoms with Gasteiger partial charge in [0.2, 0.25) is 0 Å². The highest BCUT2D eigenvalue weighted by Crippen LogP contribution is 2.41. The summed E-state index contributed by atoms with van der Waals surface area (Å²) >= 11 is 0. The van der Waals surface area contributed by atoms with E-state index in [1.807, 2.05) is 43.9 Å². The predicted octanol–water partition coefficient (Wildman–Crippen LogP) is 6.65. The Bertz CT molecular complexity index is 1800. The number of piperidine rings is 1. The molecule has 1 saturated heterocycles. The number of H-pyrrole nitrogens is 1. The minimum atomic E-state index is -2.64. The number of rotatable bonds is 10. The summed E-state index contributed by atoms with van der Waals surface area (Å²) in [6.07, 6.45) is 5.16. The lowest BCUT2D eigenvalue weighted by Gasteiger charge is -2.48. The van der Waals surface area contributed by atoms with Gasteiger partial charge in [-0.05, 0) is 111 Å². The molecular weight excluding hydrogens is 651 g/mol. The maximum Gasteiger partial charge on any atom is 0.261 e. The average molecular weight is 708 g/mol. The molecule has 1 aromatic heterocycles. The molecular formula is C43H57N3O4Si. The van der Waals surface area contributed by atoms with Gasteiger partial charge in [-0.15, -0.1) is 0 Å². The summed E-state index contributed by atoms with van der Waals surface area (Å²) in [6, 6.07) is 29.2. The van der Waals surface area contributed by atoms with Crippen LogP contribution in [0.1, 0.15) is 89.1 Å². The summed E-state index contributed by atoms with van der Waals surface area (Å²) < 4.78 is 7.42. The molecule has 2 heterocycles. The lowest BCUT2D eigenvalue weighted by atomic mass is 9.82. The van der Waals surface area contributed by atoms with Crippen molar-refractivity contribution < 1.29 is 14.3 Å². The summed E-state index contributed by atoms with van der Waals surface area (Å²) in [5, 5.41) is 15.3. The third-order valence-electron chi connectivity index (χ3n) is 11.5. The molecule has 1 saturated carbocycles. The van der Waals surface area contributed by atoms with E-state index in [0.29, 0.717) is 19.0 Å². The number of pyridine rings is 1. The van der Waals surface area contributed by atoms with Crippen LogP contribution in [0.3, 0.4) is 0 Å². The van der Waals surface area contributed by atoms with Crippen LogP contribution in [0.15, 0.2) is 89.7 Å². The fourth-order valence-electron chi connectivity index (χ4n) is 8.59. The van der Waals surface area contributed by atoms with Crippen LogP contribution in [0.25, 0.3) is 10.9 Å². The molecule has 6 rings (SSSR count). The summed E-state index contributed by atoms with van der Waals surface area (Å²) in [4.78, 5) is 34.0. The van der Waals surface area contributed by atoms with Gasteiger partial charge in [0.1, 0.15) is 5.56 Å². The van der Waals surface area contributed by atoms with Crippen molar-refractivity contribution in [3.63, 3.8) is 0 Å². The number of aliphatic hydroxyl groups is 1. The summed E-state index contributed by atoms with van der Waals surface area (Å²) in [5.41, 5.74) is 0.927. The van der Waals surface area contributed by atoms with E-state index in [1.165, 1.54) is 10.4 Å². The molecule has 0 spiro atoms. The van der Waals surface area contributed by atoms with E-state index in [4.69, 9.17) is 4.43 Å². The third kappa shape index (κ3) is 7.94. The number of likely N-dealkylation sites (tertiary alicyclic amines) is 1. The van der Waals surface area contributed by atoms with Gasteiger partial charge in [0.25, 0.3) is 19.8 Å². The van der Waals surface area contributed by atoms with Crippen LogP contribution in [0.4, 0.5) is 0 Å². The Hall–Kier alpha value is -3.56. The summed E-state index contributed by atoms with van der Waals surface area (Å²) in [7, 11) is -2.64. The predicted molar refractivity (Wildman–Crippen MR) is 211 cm³/mol. The van der Waals surface area contributed by atoms with Crippen LogP contribution in [0.5, 0.6) is 0 Å². The highest BCUT2D eigenvalue weighted by molar-refractivity contribution is 6.99. The second-order valence-corrected chi connectivity index (χ2v) is 20.8. The first-order chi connectivity index (χ1) is 24.3. The number of amides is 1. The normalized spacial score (nSPS) is 20.9. The number of nitrogens with zero attached hydrogens (tertiary/aromatic N) is 2. The first-order valence-corrected chi connectivity index (χ1v) is 20.9.